The fourth-order valence-corrected chi connectivity index (χ4v) is 2.57. The molecule has 0 spiro atoms. The fourth-order valence-electron chi connectivity index (χ4n) is 2.57. The Morgan fingerprint density at radius 2 is 1.62 bits per heavy atom. The van der Waals surface area contributed by atoms with Crippen molar-refractivity contribution >= 4 is 0 Å². The Balaban J connectivity index is 1.87. The molecule has 76 valence electrons. The van der Waals surface area contributed by atoms with E-state index in [4.69, 9.17) is 0 Å². The highest BCUT2D eigenvalue weighted by Crippen LogP contribution is 2.37. The van der Waals surface area contributed by atoms with Crippen molar-refractivity contribution in [3.8, 4) is 0 Å². The van der Waals surface area contributed by atoms with Gasteiger partial charge in [-0.2, -0.15) is 0 Å². The summed E-state index contributed by atoms with van der Waals surface area (Å²) in [4.78, 5) is 2.73. The van der Waals surface area contributed by atoms with Gasteiger partial charge in [0.05, 0.1) is 0 Å². The Hall–Kier alpha value is -0.0800. The predicted molar refractivity (Wildman–Crippen MR) is 55.9 cm³/mol. The molecule has 13 heavy (non-hydrogen) atoms. The molecule has 0 aromatic carbocycles. The number of nitrogens with one attached hydrogen (secondary N) is 1. The van der Waals surface area contributed by atoms with Crippen molar-refractivity contribution in [3.05, 3.63) is 0 Å². The van der Waals surface area contributed by atoms with Crippen LogP contribution in [0.2, 0.25) is 0 Å². The van der Waals surface area contributed by atoms with Crippen LogP contribution in [0.15, 0.2) is 0 Å². The molecule has 1 saturated heterocycles. The summed E-state index contributed by atoms with van der Waals surface area (Å²) in [5.74, 6) is 0. The number of hydrogen-bond acceptors (Lipinski definition) is 2. The molecule has 2 rings (SSSR count). The highest BCUT2D eigenvalue weighted by molar-refractivity contribution is 4.94. The second-order valence-corrected chi connectivity index (χ2v) is 4.79. The summed E-state index contributed by atoms with van der Waals surface area (Å²) in [5.41, 5.74) is 0.581. The maximum atomic E-state index is 3.47. The lowest BCUT2D eigenvalue weighted by Gasteiger charge is -2.48. The molecule has 0 amide bonds. The zero-order valence-corrected chi connectivity index (χ0v) is 8.81. The molecule has 1 aliphatic carbocycles. The van der Waals surface area contributed by atoms with Gasteiger partial charge in [-0.3, -0.25) is 4.90 Å². The molecule has 1 heterocycles. The Morgan fingerprint density at radius 3 is 2.08 bits per heavy atom. The minimum Gasteiger partial charge on any atom is -0.317 e. The maximum absolute atomic E-state index is 3.47. The van der Waals surface area contributed by atoms with Gasteiger partial charge in [0.1, 0.15) is 0 Å². The van der Waals surface area contributed by atoms with E-state index in [1.807, 2.05) is 0 Å². The first-order chi connectivity index (χ1) is 6.31. The molecule has 1 aliphatic heterocycles. The first kappa shape index (κ1) is 9.47. The second-order valence-electron chi connectivity index (χ2n) is 4.79. The standard InChI is InChI=1S/C11H22N2/c1-11(5-2-6-11)13-9-3-7-12-8-4-10-13/h12H,2-10H2,1H3. The molecule has 0 atom stereocenters. The number of hydrogen-bond donors (Lipinski definition) is 1. The number of nitrogens with zero attached hydrogens (tertiary/aromatic N) is 1. The van der Waals surface area contributed by atoms with Crippen LogP contribution in [0.25, 0.3) is 0 Å². The van der Waals surface area contributed by atoms with E-state index in [0.29, 0.717) is 5.54 Å². The third-order valence-corrected chi connectivity index (χ3v) is 3.76. The highest BCUT2D eigenvalue weighted by atomic mass is 15.2. The highest BCUT2D eigenvalue weighted by Gasteiger charge is 2.37. The summed E-state index contributed by atoms with van der Waals surface area (Å²) in [6.07, 6.45) is 6.97. The van der Waals surface area contributed by atoms with Crippen molar-refractivity contribution in [2.24, 2.45) is 0 Å². The second kappa shape index (κ2) is 3.97. The van der Waals surface area contributed by atoms with Crippen LogP contribution in [-0.4, -0.2) is 36.6 Å². The van der Waals surface area contributed by atoms with Crippen molar-refractivity contribution in [3.63, 3.8) is 0 Å². The molecule has 0 aromatic heterocycles. The molecule has 2 nitrogen and oxygen atoms in total. The third-order valence-electron chi connectivity index (χ3n) is 3.76. The van der Waals surface area contributed by atoms with Gasteiger partial charge < -0.3 is 5.32 Å². The van der Waals surface area contributed by atoms with Gasteiger partial charge in [-0.15, -0.1) is 0 Å². The van der Waals surface area contributed by atoms with Gasteiger partial charge in [0, 0.05) is 5.54 Å². The molecule has 0 aromatic rings. The Bertz CT molecular complexity index is 155. The zero-order valence-electron chi connectivity index (χ0n) is 8.81. The molecule has 2 aliphatic rings. The molecule has 2 fully saturated rings. The van der Waals surface area contributed by atoms with Gasteiger partial charge in [-0.25, -0.2) is 0 Å². The largest absolute Gasteiger partial charge is 0.317 e. The summed E-state index contributed by atoms with van der Waals surface area (Å²) in [7, 11) is 0. The molecule has 0 bridgehead atoms. The van der Waals surface area contributed by atoms with E-state index in [-0.39, 0.29) is 0 Å². The predicted octanol–water partition coefficient (Wildman–Crippen LogP) is 1.61. The summed E-state index contributed by atoms with van der Waals surface area (Å²) in [5, 5.41) is 3.47. The first-order valence-corrected chi connectivity index (χ1v) is 5.77. The fraction of sp³-hybridized carbons (Fsp3) is 1.00. The van der Waals surface area contributed by atoms with E-state index in [1.165, 1.54) is 58.3 Å². The van der Waals surface area contributed by atoms with Gasteiger partial charge in [-0.1, -0.05) is 0 Å². The van der Waals surface area contributed by atoms with E-state index in [0.717, 1.165) is 0 Å². The molecular formula is C11H22N2. The minimum atomic E-state index is 0.581. The average Bonchev–Trinajstić information content (AvgIpc) is 1.99. The summed E-state index contributed by atoms with van der Waals surface area (Å²) in [6.45, 7) is 7.50. The van der Waals surface area contributed by atoms with Crippen molar-refractivity contribution in [2.45, 2.75) is 44.6 Å². The van der Waals surface area contributed by atoms with Crippen LogP contribution in [-0.2, 0) is 0 Å². The molecule has 0 unspecified atom stereocenters. The lowest BCUT2D eigenvalue weighted by atomic mass is 9.76. The van der Waals surface area contributed by atoms with Crippen molar-refractivity contribution < 1.29 is 0 Å². The van der Waals surface area contributed by atoms with E-state index in [9.17, 15) is 0 Å². The molecule has 1 N–H and O–H groups in total. The zero-order chi connectivity index (χ0) is 9.15. The van der Waals surface area contributed by atoms with Gasteiger partial charge in [0.25, 0.3) is 0 Å². The summed E-state index contributed by atoms with van der Waals surface area (Å²) in [6, 6.07) is 0. The van der Waals surface area contributed by atoms with Crippen molar-refractivity contribution in [1.29, 1.82) is 0 Å². The normalized spacial score (nSPS) is 30.2. The van der Waals surface area contributed by atoms with Crippen LogP contribution in [0.4, 0.5) is 0 Å². The van der Waals surface area contributed by atoms with Crippen LogP contribution in [0, 0.1) is 0 Å². The van der Waals surface area contributed by atoms with Crippen LogP contribution < -0.4 is 5.32 Å². The van der Waals surface area contributed by atoms with E-state index < -0.39 is 0 Å². The van der Waals surface area contributed by atoms with Crippen molar-refractivity contribution in [2.75, 3.05) is 26.2 Å². The lowest BCUT2D eigenvalue weighted by molar-refractivity contribution is 0.0275. The van der Waals surface area contributed by atoms with E-state index in [1.54, 1.807) is 0 Å². The van der Waals surface area contributed by atoms with Gasteiger partial charge in [0.2, 0.25) is 0 Å². The van der Waals surface area contributed by atoms with Crippen LogP contribution >= 0.6 is 0 Å². The van der Waals surface area contributed by atoms with Gasteiger partial charge >= 0.3 is 0 Å². The summed E-state index contributed by atoms with van der Waals surface area (Å²) < 4.78 is 0. The topological polar surface area (TPSA) is 15.3 Å². The van der Waals surface area contributed by atoms with E-state index >= 15 is 0 Å². The van der Waals surface area contributed by atoms with Gasteiger partial charge in [0.15, 0.2) is 0 Å². The maximum Gasteiger partial charge on any atom is 0.0181 e. The third kappa shape index (κ3) is 2.05. The Morgan fingerprint density at radius 1 is 1.00 bits per heavy atom. The van der Waals surface area contributed by atoms with Gasteiger partial charge in [-0.05, 0) is 65.2 Å². The van der Waals surface area contributed by atoms with Crippen LogP contribution in [0.1, 0.15) is 39.0 Å². The number of rotatable bonds is 1. The summed E-state index contributed by atoms with van der Waals surface area (Å²) >= 11 is 0. The van der Waals surface area contributed by atoms with E-state index in [2.05, 4.69) is 17.1 Å². The SMILES string of the molecule is CC1(N2CCCNCCC2)CCC1. The minimum absolute atomic E-state index is 0.581. The molecular weight excluding hydrogens is 160 g/mol. The average molecular weight is 182 g/mol. The quantitative estimate of drug-likeness (QED) is 0.663. The molecule has 1 saturated carbocycles. The molecule has 2 heteroatoms. The monoisotopic (exact) mass is 182 g/mol. The molecule has 0 radical (unpaired) electrons. The first-order valence-electron chi connectivity index (χ1n) is 5.77. The Labute approximate surface area is 81.7 Å². The van der Waals surface area contributed by atoms with Crippen molar-refractivity contribution in [1.82, 2.24) is 10.2 Å². The van der Waals surface area contributed by atoms with Crippen LogP contribution in [0.3, 0.4) is 0 Å². The smallest absolute Gasteiger partial charge is 0.0181 e. The lowest BCUT2D eigenvalue weighted by Crippen LogP contribution is -2.53. The Kier molecular flexibility index (Phi) is 2.89. The van der Waals surface area contributed by atoms with Crippen LogP contribution in [0.5, 0.6) is 0 Å².